The second kappa shape index (κ2) is 5.47. The van der Waals surface area contributed by atoms with Gasteiger partial charge >= 0.3 is 0 Å². The molecule has 1 aliphatic carbocycles. The van der Waals surface area contributed by atoms with Gasteiger partial charge in [0.2, 0.25) is 0 Å². The lowest BCUT2D eigenvalue weighted by Gasteiger charge is -2.38. The van der Waals surface area contributed by atoms with Gasteiger partial charge in [-0.25, -0.2) is 0 Å². The number of nitrogens with zero attached hydrogens (tertiary/aromatic N) is 1. The van der Waals surface area contributed by atoms with E-state index in [4.69, 9.17) is 0 Å². The summed E-state index contributed by atoms with van der Waals surface area (Å²) in [5.41, 5.74) is 1.44. The molecule has 1 aromatic heterocycles. The van der Waals surface area contributed by atoms with E-state index in [2.05, 4.69) is 5.38 Å². The number of rotatable bonds is 2. The number of aliphatic hydroxyl groups is 2. The summed E-state index contributed by atoms with van der Waals surface area (Å²) >= 11 is 1.54. The van der Waals surface area contributed by atoms with Crippen molar-refractivity contribution in [2.24, 2.45) is 0 Å². The van der Waals surface area contributed by atoms with Gasteiger partial charge in [0, 0.05) is 6.54 Å². The molecule has 1 amide bonds. The number of hydrogen-bond acceptors (Lipinski definition) is 4. The van der Waals surface area contributed by atoms with Crippen LogP contribution in [0.3, 0.4) is 0 Å². The fourth-order valence-electron chi connectivity index (χ4n) is 3.26. The Morgan fingerprint density at radius 1 is 1.35 bits per heavy atom. The molecule has 0 saturated carbocycles. The highest BCUT2D eigenvalue weighted by Crippen LogP contribution is 2.32. The van der Waals surface area contributed by atoms with E-state index < -0.39 is 5.60 Å². The monoisotopic (exact) mass is 295 g/mol. The molecule has 0 aromatic carbocycles. The Hall–Kier alpha value is -0.910. The molecule has 2 aliphatic rings. The maximum atomic E-state index is 12.7. The van der Waals surface area contributed by atoms with Crippen molar-refractivity contribution in [3.05, 3.63) is 21.4 Å². The topological polar surface area (TPSA) is 60.8 Å². The number of β-amino-alcohol motifs (C(OH)–C–C–N with tert-alkyl or cyclic N) is 1. The zero-order chi connectivity index (χ0) is 14.2. The van der Waals surface area contributed by atoms with Crippen molar-refractivity contribution in [3.8, 4) is 0 Å². The first-order chi connectivity index (χ1) is 9.63. The van der Waals surface area contributed by atoms with Crippen LogP contribution in [-0.4, -0.2) is 46.3 Å². The molecule has 0 spiro atoms. The molecule has 1 aliphatic heterocycles. The second-order valence-electron chi connectivity index (χ2n) is 5.99. The Balaban J connectivity index is 1.80. The molecular formula is C15H21NO3S. The summed E-state index contributed by atoms with van der Waals surface area (Å²) < 4.78 is 0. The van der Waals surface area contributed by atoms with Gasteiger partial charge in [-0.1, -0.05) is 0 Å². The lowest BCUT2D eigenvalue weighted by Crippen LogP contribution is -2.52. The summed E-state index contributed by atoms with van der Waals surface area (Å²) in [4.78, 5) is 15.2. The number of likely N-dealkylation sites (tertiary alicyclic amines) is 1. The first-order valence-electron chi connectivity index (χ1n) is 7.35. The third kappa shape index (κ3) is 2.50. The van der Waals surface area contributed by atoms with Crippen molar-refractivity contribution in [1.29, 1.82) is 0 Å². The molecule has 1 saturated heterocycles. The summed E-state index contributed by atoms with van der Waals surface area (Å²) in [5, 5.41) is 21.6. The standard InChI is InChI=1S/C15H21NO3S/c17-10-15(19)6-3-7-16(9-15)14(18)13-12-5-2-1-4-11(12)8-20-13/h8,17,19H,1-7,9-10H2/t15-/m1/s1. The Bertz CT molecular complexity index is 513. The van der Waals surface area contributed by atoms with Gasteiger partial charge in [-0.15, -0.1) is 11.3 Å². The van der Waals surface area contributed by atoms with E-state index in [0.29, 0.717) is 13.0 Å². The Morgan fingerprint density at radius 3 is 2.95 bits per heavy atom. The summed E-state index contributed by atoms with van der Waals surface area (Å²) in [6.45, 7) is 0.641. The average Bonchev–Trinajstić information content (AvgIpc) is 2.90. The predicted molar refractivity (Wildman–Crippen MR) is 78.1 cm³/mol. The van der Waals surface area contributed by atoms with E-state index in [1.165, 1.54) is 28.9 Å². The number of aliphatic hydroxyl groups excluding tert-OH is 1. The maximum absolute atomic E-state index is 12.7. The molecule has 1 aromatic rings. The molecule has 0 radical (unpaired) electrons. The largest absolute Gasteiger partial charge is 0.393 e. The van der Waals surface area contributed by atoms with Gasteiger partial charge in [0.1, 0.15) is 5.60 Å². The summed E-state index contributed by atoms with van der Waals surface area (Å²) in [5.74, 6) is 0.0322. The number of carbonyl (C=O) groups excluding carboxylic acids is 1. The first-order valence-corrected chi connectivity index (χ1v) is 8.23. The quantitative estimate of drug-likeness (QED) is 0.871. The molecule has 5 heteroatoms. The van der Waals surface area contributed by atoms with Crippen LogP contribution in [0, 0.1) is 0 Å². The van der Waals surface area contributed by atoms with Gasteiger partial charge < -0.3 is 15.1 Å². The molecule has 20 heavy (non-hydrogen) atoms. The molecule has 3 rings (SSSR count). The third-order valence-electron chi connectivity index (χ3n) is 4.43. The number of thiophene rings is 1. The third-order valence-corrected chi connectivity index (χ3v) is 5.49. The molecule has 2 heterocycles. The van der Waals surface area contributed by atoms with Crippen LogP contribution >= 0.6 is 11.3 Å². The minimum absolute atomic E-state index is 0.0322. The van der Waals surface area contributed by atoms with Crippen molar-refractivity contribution < 1.29 is 15.0 Å². The van der Waals surface area contributed by atoms with Crippen molar-refractivity contribution in [1.82, 2.24) is 4.90 Å². The fourth-order valence-corrected chi connectivity index (χ4v) is 4.38. The van der Waals surface area contributed by atoms with Gasteiger partial charge in [-0.3, -0.25) is 4.79 Å². The lowest BCUT2D eigenvalue weighted by atomic mass is 9.92. The summed E-state index contributed by atoms with van der Waals surface area (Å²) in [7, 11) is 0. The highest BCUT2D eigenvalue weighted by molar-refractivity contribution is 7.12. The van der Waals surface area contributed by atoms with Crippen LogP contribution in [0.2, 0.25) is 0 Å². The van der Waals surface area contributed by atoms with Gasteiger partial charge in [-0.2, -0.15) is 0 Å². The molecule has 1 fully saturated rings. The van der Waals surface area contributed by atoms with Crippen molar-refractivity contribution in [2.75, 3.05) is 19.7 Å². The van der Waals surface area contributed by atoms with Crippen molar-refractivity contribution >= 4 is 17.2 Å². The minimum atomic E-state index is -1.12. The van der Waals surface area contributed by atoms with Gasteiger partial charge in [0.25, 0.3) is 5.91 Å². The van der Waals surface area contributed by atoms with E-state index in [9.17, 15) is 15.0 Å². The van der Waals surface area contributed by atoms with Crippen LogP contribution in [0.15, 0.2) is 5.38 Å². The number of amides is 1. The van der Waals surface area contributed by atoms with E-state index in [1.54, 1.807) is 4.90 Å². The molecule has 0 unspecified atom stereocenters. The first kappa shape index (κ1) is 14.0. The minimum Gasteiger partial charge on any atom is -0.393 e. The molecule has 2 N–H and O–H groups in total. The van der Waals surface area contributed by atoms with Gasteiger partial charge in [0.15, 0.2) is 0 Å². The smallest absolute Gasteiger partial charge is 0.264 e. The van der Waals surface area contributed by atoms with Gasteiger partial charge in [0.05, 0.1) is 18.0 Å². The Kier molecular flexibility index (Phi) is 3.84. The zero-order valence-electron chi connectivity index (χ0n) is 11.6. The van der Waals surface area contributed by atoms with E-state index in [1.807, 2.05) is 0 Å². The van der Waals surface area contributed by atoms with Crippen LogP contribution < -0.4 is 0 Å². The van der Waals surface area contributed by atoms with Crippen LogP contribution in [0.4, 0.5) is 0 Å². The molecule has 110 valence electrons. The Labute approximate surface area is 123 Å². The summed E-state index contributed by atoms with van der Waals surface area (Å²) in [6.07, 6.45) is 5.76. The number of carbonyl (C=O) groups is 1. The van der Waals surface area contributed by atoms with Gasteiger partial charge in [-0.05, 0) is 55.0 Å². The van der Waals surface area contributed by atoms with E-state index >= 15 is 0 Å². The second-order valence-corrected chi connectivity index (χ2v) is 6.87. The maximum Gasteiger partial charge on any atom is 0.264 e. The van der Waals surface area contributed by atoms with E-state index in [-0.39, 0.29) is 19.1 Å². The predicted octanol–water partition coefficient (Wildman–Crippen LogP) is 1.59. The summed E-state index contributed by atoms with van der Waals surface area (Å²) in [6, 6.07) is 0. The number of hydrogen-bond donors (Lipinski definition) is 2. The molecule has 4 nitrogen and oxygen atoms in total. The fraction of sp³-hybridized carbons (Fsp3) is 0.667. The average molecular weight is 295 g/mol. The van der Waals surface area contributed by atoms with Crippen LogP contribution in [0.5, 0.6) is 0 Å². The van der Waals surface area contributed by atoms with Crippen molar-refractivity contribution in [2.45, 2.75) is 44.1 Å². The van der Waals surface area contributed by atoms with Crippen molar-refractivity contribution in [3.63, 3.8) is 0 Å². The van der Waals surface area contributed by atoms with E-state index in [0.717, 1.165) is 30.6 Å². The number of fused-ring (bicyclic) bond motifs is 1. The van der Waals surface area contributed by atoms with Crippen LogP contribution in [-0.2, 0) is 12.8 Å². The SMILES string of the molecule is O=C(c1scc2c1CCCC2)N1CCC[C@](O)(CO)C1. The molecular weight excluding hydrogens is 274 g/mol. The van der Waals surface area contributed by atoms with Crippen LogP contribution in [0.1, 0.15) is 46.5 Å². The molecule has 0 bridgehead atoms. The highest BCUT2D eigenvalue weighted by atomic mass is 32.1. The van der Waals surface area contributed by atoms with Crippen LogP contribution in [0.25, 0.3) is 0 Å². The zero-order valence-corrected chi connectivity index (χ0v) is 12.4. The normalized spacial score (nSPS) is 26.4. The lowest BCUT2D eigenvalue weighted by molar-refractivity contribution is -0.0597. The number of piperidine rings is 1. The highest BCUT2D eigenvalue weighted by Gasteiger charge is 2.36. The Morgan fingerprint density at radius 2 is 2.15 bits per heavy atom. The number of aryl methyl sites for hydroxylation is 1. The molecule has 1 atom stereocenters.